The van der Waals surface area contributed by atoms with Crippen LogP contribution in [0.25, 0.3) is 0 Å². The van der Waals surface area contributed by atoms with Crippen LogP contribution in [0.2, 0.25) is 0 Å². The standard InChI is InChI=1S/C9H18N2O2/c1-11(9(12)13)8-4-2-3-7(5-8)6-10/h7-8H,2-6,10H2,1H3,(H,12,13). The maximum absolute atomic E-state index is 10.7. The lowest BCUT2D eigenvalue weighted by molar-refractivity contribution is 0.117. The molecule has 1 aliphatic carbocycles. The van der Waals surface area contributed by atoms with E-state index in [9.17, 15) is 4.79 Å². The van der Waals surface area contributed by atoms with Crippen LogP contribution in [0.4, 0.5) is 4.79 Å². The van der Waals surface area contributed by atoms with Crippen molar-refractivity contribution in [3.63, 3.8) is 0 Å². The van der Waals surface area contributed by atoms with Gasteiger partial charge in [0.05, 0.1) is 0 Å². The number of nitrogens with two attached hydrogens (primary N) is 1. The minimum absolute atomic E-state index is 0.180. The molecule has 0 aromatic rings. The molecule has 0 aromatic carbocycles. The molecule has 0 heterocycles. The van der Waals surface area contributed by atoms with E-state index in [1.807, 2.05) is 0 Å². The molecule has 13 heavy (non-hydrogen) atoms. The highest BCUT2D eigenvalue weighted by Gasteiger charge is 2.26. The zero-order valence-corrected chi connectivity index (χ0v) is 8.07. The van der Waals surface area contributed by atoms with Crippen LogP contribution < -0.4 is 5.73 Å². The average Bonchev–Trinajstić information content (AvgIpc) is 2.16. The third-order valence-electron chi connectivity index (χ3n) is 2.94. The summed E-state index contributed by atoms with van der Waals surface area (Å²) in [6.07, 6.45) is 3.34. The summed E-state index contributed by atoms with van der Waals surface area (Å²) in [5, 5.41) is 8.79. The Hall–Kier alpha value is -0.770. The molecule has 76 valence electrons. The molecule has 0 aliphatic heterocycles. The Morgan fingerprint density at radius 3 is 2.85 bits per heavy atom. The number of amides is 1. The van der Waals surface area contributed by atoms with Crippen molar-refractivity contribution in [2.24, 2.45) is 11.7 Å². The lowest BCUT2D eigenvalue weighted by Crippen LogP contribution is -2.40. The molecule has 1 amide bonds. The summed E-state index contributed by atoms with van der Waals surface area (Å²) in [5.41, 5.74) is 5.58. The van der Waals surface area contributed by atoms with Gasteiger partial charge >= 0.3 is 6.09 Å². The van der Waals surface area contributed by atoms with Gasteiger partial charge in [-0.3, -0.25) is 0 Å². The van der Waals surface area contributed by atoms with Crippen molar-refractivity contribution in [1.29, 1.82) is 0 Å². The summed E-state index contributed by atoms with van der Waals surface area (Å²) >= 11 is 0. The van der Waals surface area contributed by atoms with E-state index >= 15 is 0 Å². The van der Waals surface area contributed by atoms with Crippen molar-refractivity contribution in [1.82, 2.24) is 4.90 Å². The van der Waals surface area contributed by atoms with Crippen LogP contribution in [0.15, 0.2) is 0 Å². The first-order valence-corrected chi connectivity index (χ1v) is 4.81. The van der Waals surface area contributed by atoms with Crippen molar-refractivity contribution >= 4 is 6.09 Å². The second-order valence-electron chi connectivity index (χ2n) is 3.82. The van der Waals surface area contributed by atoms with Gasteiger partial charge in [-0.15, -0.1) is 0 Å². The summed E-state index contributed by atoms with van der Waals surface area (Å²) in [4.78, 5) is 12.1. The smallest absolute Gasteiger partial charge is 0.407 e. The highest BCUT2D eigenvalue weighted by atomic mass is 16.4. The fraction of sp³-hybridized carbons (Fsp3) is 0.889. The van der Waals surface area contributed by atoms with E-state index in [0.717, 1.165) is 25.7 Å². The molecule has 0 bridgehead atoms. The number of hydrogen-bond acceptors (Lipinski definition) is 2. The molecule has 1 rings (SSSR count). The predicted octanol–water partition coefficient (Wildman–Crippen LogP) is 1.11. The molecule has 3 N–H and O–H groups in total. The van der Waals surface area contributed by atoms with Gasteiger partial charge in [-0.25, -0.2) is 4.79 Å². The second-order valence-corrected chi connectivity index (χ2v) is 3.82. The SMILES string of the molecule is CN(C(=O)O)C1CCCC(CN)C1. The highest BCUT2D eigenvalue weighted by Crippen LogP contribution is 2.26. The average molecular weight is 186 g/mol. The first-order valence-electron chi connectivity index (χ1n) is 4.81. The van der Waals surface area contributed by atoms with Crippen LogP contribution in [0, 0.1) is 5.92 Å². The normalized spacial score (nSPS) is 28.5. The fourth-order valence-corrected chi connectivity index (χ4v) is 1.98. The zero-order valence-electron chi connectivity index (χ0n) is 8.07. The van der Waals surface area contributed by atoms with Gasteiger partial charge in [0.1, 0.15) is 0 Å². The lowest BCUT2D eigenvalue weighted by Gasteiger charge is -2.33. The van der Waals surface area contributed by atoms with E-state index in [0.29, 0.717) is 12.5 Å². The quantitative estimate of drug-likeness (QED) is 0.679. The van der Waals surface area contributed by atoms with Crippen LogP contribution >= 0.6 is 0 Å². The molecule has 4 nitrogen and oxygen atoms in total. The van der Waals surface area contributed by atoms with E-state index < -0.39 is 6.09 Å². The van der Waals surface area contributed by atoms with Gasteiger partial charge in [0.2, 0.25) is 0 Å². The minimum atomic E-state index is -0.831. The van der Waals surface area contributed by atoms with Gasteiger partial charge < -0.3 is 15.7 Å². The summed E-state index contributed by atoms with van der Waals surface area (Å²) < 4.78 is 0. The largest absolute Gasteiger partial charge is 0.465 e. The number of nitrogens with zero attached hydrogens (tertiary/aromatic N) is 1. The Bertz CT molecular complexity index is 184. The van der Waals surface area contributed by atoms with Crippen molar-refractivity contribution in [3.05, 3.63) is 0 Å². The van der Waals surface area contributed by atoms with Gasteiger partial charge in [0, 0.05) is 13.1 Å². The van der Waals surface area contributed by atoms with Crippen molar-refractivity contribution in [3.8, 4) is 0 Å². The summed E-state index contributed by atoms with van der Waals surface area (Å²) in [7, 11) is 1.64. The number of rotatable bonds is 2. The van der Waals surface area contributed by atoms with Crippen LogP contribution in [0.5, 0.6) is 0 Å². The van der Waals surface area contributed by atoms with E-state index in [4.69, 9.17) is 10.8 Å². The summed E-state index contributed by atoms with van der Waals surface area (Å²) in [5.74, 6) is 0.514. The van der Waals surface area contributed by atoms with Gasteiger partial charge in [0.15, 0.2) is 0 Å². The summed E-state index contributed by atoms with van der Waals surface area (Å²) in [6.45, 7) is 0.684. The third-order valence-corrected chi connectivity index (χ3v) is 2.94. The third kappa shape index (κ3) is 2.59. The first-order chi connectivity index (χ1) is 6.15. The lowest BCUT2D eigenvalue weighted by atomic mass is 9.85. The van der Waals surface area contributed by atoms with Gasteiger partial charge in [0.25, 0.3) is 0 Å². The Labute approximate surface area is 78.7 Å². The minimum Gasteiger partial charge on any atom is -0.465 e. The monoisotopic (exact) mass is 186 g/mol. The van der Waals surface area contributed by atoms with E-state index in [1.54, 1.807) is 7.05 Å². The summed E-state index contributed by atoms with van der Waals surface area (Å²) in [6, 6.07) is 0.180. The number of carbonyl (C=O) groups is 1. The molecular formula is C9H18N2O2. The van der Waals surface area contributed by atoms with Crippen LogP contribution in [-0.4, -0.2) is 35.7 Å². The maximum atomic E-state index is 10.7. The van der Waals surface area contributed by atoms with Gasteiger partial charge in [-0.2, -0.15) is 0 Å². The van der Waals surface area contributed by atoms with Crippen molar-refractivity contribution in [2.45, 2.75) is 31.7 Å². The molecule has 2 unspecified atom stereocenters. The number of carboxylic acid groups (broad SMARTS) is 1. The van der Waals surface area contributed by atoms with Crippen LogP contribution in [0.1, 0.15) is 25.7 Å². The maximum Gasteiger partial charge on any atom is 0.407 e. The van der Waals surface area contributed by atoms with Crippen LogP contribution in [-0.2, 0) is 0 Å². The van der Waals surface area contributed by atoms with Crippen LogP contribution in [0.3, 0.4) is 0 Å². The molecule has 0 radical (unpaired) electrons. The molecule has 0 spiro atoms. The highest BCUT2D eigenvalue weighted by molar-refractivity contribution is 5.64. The zero-order chi connectivity index (χ0) is 9.84. The van der Waals surface area contributed by atoms with E-state index in [2.05, 4.69) is 0 Å². The Morgan fingerprint density at radius 2 is 2.31 bits per heavy atom. The van der Waals surface area contributed by atoms with E-state index in [-0.39, 0.29) is 6.04 Å². The van der Waals surface area contributed by atoms with Crippen molar-refractivity contribution < 1.29 is 9.90 Å². The molecule has 0 saturated heterocycles. The Balaban J connectivity index is 2.46. The molecule has 1 fully saturated rings. The van der Waals surface area contributed by atoms with E-state index in [1.165, 1.54) is 4.90 Å². The molecule has 4 heteroatoms. The van der Waals surface area contributed by atoms with Gasteiger partial charge in [-0.05, 0) is 31.7 Å². The van der Waals surface area contributed by atoms with Gasteiger partial charge in [-0.1, -0.05) is 6.42 Å². The fourth-order valence-electron chi connectivity index (χ4n) is 1.98. The topological polar surface area (TPSA) is 66.6 Å². The van der Waals surface area contributed by atoms with Crippen molar-refractivity contribution in [2.75, 3.05) is 13.6 Å². The number of hydrogen-bond donors (Lipinski definition) is 2. The second kappa shape index (κ2) is 4.46. The molecule has 2 atom stereocenters. The molecule has 1 saturated carbocycles. The Morgan fingerprint density at radius 1 is 1.62 bits per heavy atom. The molecule has 1 aliphatic rings. The molecule has 0 aromatic heterocycles. The first kappa shape index (κ1) is 10.3. The predicted molar refractivity (Wildman–Crippen MR) is 50.6 cm³/mol. The Kier molecular flexibility index (Phi) is 3.54. The molecular weight excluding hydrogens is 168 g/mol.